The van der Waals surface area contributed by atoms with Crippen molar-refractivity contribution in [1.29, 1.82) is 0 Å². The van der Waals surface area contributed by atoms with Crippen LogP contribution in [0.25, 0.3) is 22.3 Å². The molecule has 0 radical (unpaired) electrons. The summed E-state index contributed by atoms with van der Waals surface area (Å²) in [5, 5.41) is 0. The Morgan fingerprint density at radius 1 is 0.682 bits per heavy atom. The molecule has 110 valence electrons. The molecule has 0 bridgehead atoms. The van der Waals surface area contributed by atoms with Crippen LogP contribution in [-0.4, -0.2) is 0 Å². The topological polar surface area (TPSA) is 0 Å². The van der Waals surface area contributed by atoms with Crippen molar-refractivity contribution in [3.63, 3.8) is 0 Å². The molecule has 0 atom stereocenters. The fraction of sp³-hybridized carbons (Fsp3) is 0.100. The maximum atomic E-state index is 14.4. The van der Waals surface area contributed by atoms with Crippen LogP contribution in [0.5, 0.6) is 0 Å². The lowest BCUT2D eigenvalue weighted by atomic mass is 9.98. The molecule has 0 spiro atoms. The molecule has 0 saturated heterocycles. The van der Waals surface area contributed by atoms with Crippen LogP contribution < -0.4 is 0 Å². The van der Waals surface area contributed by atoms with Crippen molar-refractivity contribution >= 4 is 0 Å². The van der Waals surface area contributed by atoms with E-state index in [1.165, 1.54) is 23.8 Å². The molecule has 0 fully saturated rings. The van der Waals surface area contributed by atoms with E-state index in [1.54, 1.807) is 18.2 Å². The number of benzene rings is 3. The highest BCUT2D eigenvalue weighted by molar-refractivity contribution is 5.71. The Labute approximate surface area is 129 Å². The van der Waals surface area contributed by atoms with Crippen molar-refractivity contribution in [3.8, 4) is 22.3 Å². The first-order chi connectivity index (χ1) is 10.7. The quantitative estimate of drug-likeness (QED) is 0.567. The van der Waals surface area contributed by atoms with E-state index in [1.807, 2.05) is 30.3 Å². The van der Waals surface area contributed by atoms with Crippen molar-refractivity contribution < 1.29 is 8.78 Å². The zero-order valence-electron chi connectivity index (χ0n) is 12.3. The molecular formula is C20H16F2. The molecule has 2 heteroatoms. The SMILES string of the molecule is CCc1ccc(-c2ccc(-c3ccc(F)cc3)cc2F)cc1. The van der Waals surface area contributed by atoms with Gasteiger partial charge in [-0.1, -0.05) is 55.5 Å². The predicted molar refractivity (Wildman–Crippen MR) is 86.6 cm³/mol. The molecule has 3 aromatic rings. The molecule has 0 amide bonds. The number of hydrogen-bond acceptors (Lipinski definition) is 0. The maximum absolute atomic E-state index is 14.4. The molecule has 0 unspecified atom stereocenters. The van der Waals surface area contributed by atoms with Gasteiger partial charge in [-0.05, 0) is 46.9 Å². The highest BCUT2D eigenvalue weighted by Crippen LogP contribution is 2.28. The van der Waals surface area contributed by atoms with E-state index in [0.717, 1.165) is 23.1 Å². The van der Waals surface area contributed by atoms with E-state index in [-0.39, 0.29) is 11.6 Å². The Morgan fingerprint density at radius 3 is 1.86 bits per heavy atom. The van der Waals surface area contributed by atoms with Crippen molar-refractivity contribution in [2.24, 2.45) is 0 Å². The molecule has 0 saturated carbocycles. The summed E-state index contributed by atoms with van der Waals surface area (Å²) < 4.78 is 27.4. The lowest BCUT2D eigenvalue weighted by Gasteiger charge is -2.08. The monoisotopic (exact) mass is 294 g/mol. The third-order valence-corrected chi connectivity index (χ3v) is 3.82. The molecule has 0 aromatic heterocycles. The average molecular weight is 294 g/mol. The second kappa shape index (κ2) is 6.10. The van der Waals surface area contributed by atoms with Crippen LogP contribution in [0.2, 0.25) is 0 Å². The molecular weight excluding hydrogens is 278 g/mol. The van der Waals surface area contributed by atoms with Crippen LogP contribution in [0, 0.1) is 11.6 Å². The summed E-state index contributed by atoms with van der Waals surface area (Å²) in [7, 11) is 0. The van der Waals surface area contributed by atoms with Gasteiger partial charge in [-0.2, -0.15) is 0 Å². The van der Waals surface area contributed by atoms with Gasteiger partial charge >= 0.3 is 0 Å². The number of halogens is 2. The van der Waals surface area contributed by atoms with Crippen LogP contribution in [-0.2, 0) is 6.42 Å². The van der Waals surface area contributed by atoms with Gasteiger partial charge in [0.15, 0.2) is 0 Å². The van der Waals surface area contributed by atoms with Crippen molar-refractivity contribution in [3.05, 3.63) is 83.9 Å². The third-order valence-electron chi connectivity index (χ3n) is 3.82. The second-order valence-electron chi connectivity index (χ2n) is 5.25. The van der Waals surface area contributed by atoms with Gasteiger partial charge in [0.05, 0.1) is 0 Å². The summed E-state index contributed by atoms with van der Waals surface area (Å²) in [6, 6.07) is 19.1. The molecule has 22 heavy (non-hydrogen) atoms. The minimum Gasteiger partial charge on any atom is -0.207 e. The van der Waals surface area contributed by atoms with Gasteiger partial charge in [0.2, 0.25) is 0 Å². The molecule has 0 aliphatic rings. The van der Waals surface area contributed by atoms with E-state index in [0.29, 0.717) is 5.56 Å². The Morgan fingerprint density at radius 2 is 1.27 bits per heavy atom. The normalized spacial score (nSPS) is 10.7. The van der Waals surface area contributed by atoms with Crippen LogP contribution in [0.3, 0.4) is 0 Å². The van der Waals surface area contributed by atoms with Crippen LogP contribution in [0.15, 0.2) is 66.7 Å². The van der Waals surface area contributed by atoms with Gasteiger partial charge in [-0.3, -0.25) is 0 Å². The maximum Gasteiger partial charge on any atom is 0.131 e. The summed E-state index contributed by atoms with van der Waals surface area (Å²) >= 11 is 0. The summed E-state index contributed by atoms with van der Waals surface area (Å²) in [5.41, 5.74) is 4.21. The standard InChI is InChI=1S/C20H16F2/c1-2-14-3-5-16(6-4-14)19-12-9-17(13-20(19)22)15-7-10-18(21)11-8-15/h3-13H,2H2,1H3. The van der Waals surface area contributed by atoms with Crippen LogP contribution >= 0.6 is 0 Å². The molecule has 3 aromatic carbocycles. The van der Waals surface area contributed by atoms with Gasteiger partial charge in [0.1, 0.15) is 11.6 Å². The van der Waals surface area contributed by atoms with Crippen molar-refractivity contribution in [2.75, 3.05) is 0 Å². The van der Waals surface area contributed by atoms with Gasteiger partial charge in [-0.15, -0.1) is 0 Å². The lowest BCUT2D eigenvalue weighted by Crippen LogP contribution is -1.88. The lowest BCUT2D eigenvalue weighted by molar-refractivity contribution is 0.628. The summed E-state index contributed by atoms with van der Waals surface area (Å²) in [5.74, 6) is -0.567. The molecule has 3 rings (SSSR count). The van der Waals surface area contributed by atoms with Gasteiger partial charge in [0.25, 0.3) is 0 Å². The minimum atomic E-state index is -0.295. The summed E-state index contributed by atoms with van der Waals surface area (Å²) in [6.07, 6.45) is 0.965. The molecule has 0 heterocycles. The van der Waals surface area contributed by atoms with E-state index in [2.05, 4.69) is 6.92 Å². The zero-order valence-corrected chi connectivity index (χ0v) is 12.3. The zero-order chi connectivity index (χ0) is 15.5. The van der Waals surface area contributed by atoms with E-state index in [9.17, 15) is 8.78 Å². The largest absolute Gasteiger partial charge is 0.207 e. The molecule has 0 N–H and O–H groups in total. The Balaban J connectivity index is 1.96. The van der Waals surface area contributed by atoms with Gasteiger partial charge < -0.3 is 0 Å². The summed E-state index contributed by atoms with van der Waals surface area (Å²) in [6.45, 7) is 2.09. The van der Waals surface area contributed by atoms with Gasteiger partial charge in [0, 0.05) is 5.56 Å². The van der Waals surface area contributed by atoms with E-state index < -0.39 is 0 Å². The molecule has 0 aliphatic heterocycles. The first-order valence-electron chi connectivity index (χ1n) is 7.32. The highest BCUT2D eigenvalue weighted by atomic mass is 19.1. The fourth-order valence-electron chi connectivity index (χ4n) is 2.49. The first-order valence-corrected chi connectivity index (χ1v) is 7.32. The van der Waals surface area contributed by atoms with E-state index in [4.69, 9.17) is 0 Å². The first kappa shape index (κ1) is 14.5. The van der Waals surface area contributed by atoms with Crippen molar-refractivity contribution in [2.45, 2.75) is 13.3 Å². The third kappa shape index (κ3) is 2.91. The Bertz CT molecular complexity index is 772. The van der Waals surface area contributed by atoms with E-state index >= 15 is 0 Å². The fourth-order valence-corrected chi connectivity index (χ4v) is 2.49. The van der Waals surface area contributed by atoms with Crippen LogP contribution in [0.4, 0.5) is 8.78 Å². The van der Waals surface area contributed by atoms with Crippen LogP contribution in [0.1, 0.15) is 12.5 Å². The Kier molecular flexibility index (Phi) is 4.01. The average Bonchev–Trinajstić information content (AvgIpc) is 2.56. The van der Waals surface area contributed by atoms with Gasteiger partial charge in [-0.25, -0.2) is 8.78 Å². The molecule has 0 aliphatic carbocycles. The number of aryl methyl sites for hydroxylation is 1. The minimum absolute atomic E-state index is 0.272. The predicted octanol–water partition coefficient (Wildman–Crippen LogP) is 5.86. The highest BCUT2D eigenvalue weighted by Gasteiger charge is 2.07. The second-order valence-corrected chi connectivity index (χ2v) is 5.25. The van der Waals surface area contributed by atoms with Crippen molar-refractivity contribution in [1.82, 2.24) is 0 Å². The summed E-state index contributed by atoms with van der Waals surface area (Å²) in [4.78, 5) is 0. The number of rotatable bonds is 3. The molecule has 0 nitrogen and oxygen atoms in total. The smallest absolute Gasteiger partial charge is 0.131 e. The number of hydrogen-bond donors (Lipinski definition) is 0. The Hall–Kier alpha value is -2.48.